The van der Waals surface area contributed by atoms with Gasteiger partial charge in [0.1, 0.15) is 0 Å². The van der Waals surface area contributed by atoms with Gasteiger partial charge in [0.2, 0.25) is 0 Å². The quantitative estimate of drug-likeness (QED) is 0.772. The van der Waals surface area contributed by atoms with Crippen LogP contribution < -0.4 is 5.73 Å². The van der Waals surface area contributed by atoms with Crippen LogP contribution in [-0.4, -0.2) is 9.97 Å². The molecule has 3 nitrogen and oxygen atoms in total. The second kappa shape index (κ2) is 4.99. The monoisotopic (exact) mass is 287 g/mol. The van der Waals surface area contributed by atoms with E-state index < -0.39 is 0 Å². The van der Waals surface area contributed by atoms with Crippen LogP contribution in [0.4, 0.5) is 5.13 Å². The summed E-state index contributed by atoms with van der Waals surface area (Å²) < 4.78 is 0. The van der Waals surface area contributed by atoms with E-state index in [-0.39, 0.29) is 0 Å². The van der Waals surface area contributed by atoms with Crippen LogP contribution in [0, 0.1) is 0 Å². The van der Waals surface area contributed by atoms with Gasteiger partial charge in [0.15, 0.2) is 5.13 Å². The summed E-state index contributed by atoms with van der Waals surface area (Å²) in [7, 11) is 0. The van der Waals surface area contributed by atoms with E-state index in [0.717, 1.165) is 21.7 Å². The smallest absolute Gasteiger partial charge is 0.181 e. The van der Waals surface area contributed by atoms with Crippen LogP contribution in [-0.2, 0) is 0 Å². The third kappa shape index (κ3) is 2.45. The molecule has 0 saturated heterocycles. The molecule has 2 N–H and O–H groups in total. The molecule has 0 amide bonds. The molecule has 0 bridgehead atoms. The molecule has 1 aromatic carbocycles. The van der Waals surface area contributed by atoms with Crippen molar-refractivity contribution in [3.8, 4) is 21.7 Å². The highest BCUT2D eigenvalue weighted by molar-refractivity contribution is 7.19. The van der Waals surface area contributed by atoms with E-state index in [0.29, 0.717) is 10.2 Å². The molecule has 0 aliphatic rings. The second-order valence-corrected chi connectivity index (χ2v) is 5.44. The van der Waals surface area contributed by atoms with Crippen LogP contribution >= 0.6 is 22.9 Å². The third-order valence-electron chi connectivity index (χ3n) is 2.70. The van der Waals surface area contributed by atoms with Crippen molar-refractivity contribution in [2.24, 2.45) is 0 Å². The summed E-state index contributed by atoms with van der Waals surface area (Å²) in [5.74, 6) is 0. The average molecular weight is 288 g/mol. The number of halogens is 1. The molecule has 2 heterocycles. The van der Waals surface area contributed by atoms with Crippen molar-refractivity contribution in [3.63, 3.8) is 0 Å². The lowest BCUT2D eigenvalue weighted by Gasteiger charge is -2.02. The van der Waals surface area contributed by atoms with Crippen molar-refractivity contribution in [2.45, 2.75) is 0 Å². The van der Waals surface area contributed by atoms with Crippen LogP contribution in [0.5, 0.6) is 0 Å². The molecule has 3 aromatic rings. The SMILES string of the molecule is Nc1nc(-c2ccc(Cl)cc2)c(-c2ccncc2)s1. The molecule has 3 rings (SSSR count). The van der Waals surface area contributed by atoms with E-state index in [9.17, 15) is 0 Å². The number of hydrogen-bond donors (Lipinski definition) is 1. The van der Waals surface area contributed by atoms with Crippen LogP contribution in [0.3, 0.4) is 0 Å². The van der Waals surface area contributed by atoms with E-state index in [1.54, 1.807) is 12.4 Å². The van der Waals surface area contributed by atoms with Gasteiger partial charge in [-0.15, -0.1) is 0 Å². The number of rotatable bonds is 2. The van der Waals surface area contributed by atoms with Crippen molar-refractivity contribution >= 4 is 28.1 Å². The Bertz CT molecular complexity index is 692. The maximum absolute atomic E-state index is 5.91. The fourth-order valence-corrected chi connectivity index (χ4v) is 2.83. The standard InChI is InChI=1S/C14H10ClN3S/c15-11-3-1-9(2-4-11)12-13(19-14(16)18-12)10-5-7-17-8-6-10/h1-8H,(H2,16,18). The molecular formula is C14H10ClN3S. The average Bonchev–Trinajstić information content (AvgIpc) is 2.83. The van der Waals surface area contributed by atoms with Gasteiger partial charge in [-0.3, -0.25) is 4.98 Å². The predicted octanol–water partition coefficient (Wildman–Crippen LogP) is 4.11. The number of anilines is 1. The lowest BCUT2D eigenvalue weighted by molar-refractivity contribution is 1.33. The molecule has 0 fully saturated rings. The lowest BCUT2D eigenvalue weighted by atomic mass is 10.1. The zero-order valence-electron chi connectivity index (χ0n) is 9.88. The first-order valence-corrected chi connectivity index (χ1v) is 6.86. The van der Waals surface area contributed by atoms with Crippen molar-refractivity contribution in [3.05, 3.63) is 53.8 Å². The highest BCUT2D eigenvalue weighted by Crippen LogP contribution is 2.37. The number of aromatic nitrogens is 2. The van der Waals surface area contributed by atoms with E-state index in [1.165, 1.54) is 11.3 Å². The van der Waals surface area contributed by atoms with Crippen molar-refractivity contribution in [1.29, 1.82) is 0 Å². The molecule has 0 spiro atoms. The normalized spacial score (nSPS) is 10.6. The molecule has 0 saturated carbocycles. The highest BCUT2D eigenvalue weighted by atomic mass is 35.5. The predicted molar refractivity (Wildman–Crippen MR) is 80.2 cm³/mol. The molecule has 0 aliphatic carbocycles. The van der Waals surface area contributed by atoms with Gasteiger partial charge in [-0.05, 0) is 29.8 Å². The Morgan fingerprint density at radius 1 is 0.947 bits per heavy atom. The molecule has 2 aromatic heterocycles. The maximum atomic E-state index is 5.91. The topological polar surface area (TPSA) is 51.8 Å². The zero-order valence-corrected chi connectivity index (χ0v) is 11.4. The molecule has 5 heteroatoms. The minimum Gasteiger partial charge on any atom is -0.375 e. The van der Waals surface area contributed by atoms with E-state index >= 15 is 0 Å². The van der Waals surface area contributed by atoms with Crippen molar-refractivity contribution < 1.29 is 0 Å². The number of nitrogens with zero attached hydrogens (tertiary/aromatic N) is 2. The highest BCUT2D eigenvalue weighted by Gasteiger charge is 2.13. The Balaban J connectivity index is 2.15. The van der Waals surface area contributed by atoms with Crippen LogP contribution in [0.2, 0.25) is 5.02 Å². The Morgan fingerprint density at radius 3 is 2.32 bits per heavy atom. The van der Waals surface area contributed by atoms with Gasteiger partial charge >= 0.3 is 0 Å². The minimum atomic E-state index is 0.553. The first-order valence-electron chi connectivity index (χ1n) is 5.66. The first kappa shape index (κ1) is 12.1. The lowest BCUT2D eigenvalue weighted by Crippen LogP contribution is -1.84. The van der Waals surface area contributed by atoms with Gasteiger partial charge in [0, 0.05) is 23.0 Å². The molecule has 19 heavy (non-hydrogen) atoms. The second-order valence-electron chi connectivity index (χ2n) is 3.97. The summed E-state index contributed by atoms with van der Waals surface area (Å²) in [6.07, 6.45) is 3.52. The van der Waals surface area contributed by atoms with E-state index in [2.05, 4.69) is 9.97 Å². The van der Waals surface area contributed by atoms with E-state index in [4.69, 9.17) is 17.3 Å². The van der Waals surface area contributed by atoms with Crippen LogP contribution in [0.25, 0.3) is 21.7 Å². The zero-order chi connectivity index (χ0) is 13.2. The third-order valence-corrected chi connectivity index (χ3v) is 3.89. The van der Waals surface area contributed by atoms with Gasteiger partial charge in [-0.1, -0.05) is 35.1 Å². The van der Waals surface area contributed by atoms with Crippen LogP contribution in [0.1, 0.15) is 0 Å². The molecule has 0 unspecified atom stereocenters. The van der Waals surface area contributed by atoms with Gasteiger partial charge in [-0.25, -0.2) is 4.98 Å². The summed E-state index contributed by atoms with van der Waals surface area (Å²) in [4.78, 5) is 9.49. The number of nitrogen functional groups attached to an aromatic ring is 1. The molecule has 94 valence electrons. The number of nitrogens with two attached hydrogens (primary N) is 1. The largest absolute Gasteiger partial charge is 0.375 e. The van der Waals surface area contributed by atoms with Gasteiger partial charge in [0.05, 0.1) is 10.6 Å². The van der Waals surface area contributed by atoms with Gasteiger partial charge in [0.25, 0.3) is 0 Å². The summed E-state index contributed by atoms with van der Waals surface area (Å²) in [5, 5.41) is 1.26. The minimum absolute atomic E-state index is 0.553. The maximum Gasteiger partial charge on any atom is 0.181 e. The molecule has 0 aliphatic heterocycles. The number of thiazole rings is 1. The van der Waals surface area contributed by atoms with Crippen molar-refractivity contribution in [1.82, 2.24) is 9.97 Å². The summed E-state index contributed by atoms with van der Waals surface area (Å²) in [6, 6.07) is 11.5. The number of hydrogen-bond acceptors (Lipinski definition) is 4. The van der Waals surface area contributed by atoms with E-state index in [1.807, 2.05) is 36.4 Å². The summed E-state index contributed by atoms with van der Waals surface area (Å²) in [6.45, 7) is 0. The molecule has 0 radical (unpaired) electrons. The Hall–Kier alpha value is -1.91. The van der Waals surface area contributed by atoms with Crippen LogP contribution in [0.15, 0.2) is 48.8 Å². The Kier molecular flexibility index (Phi) is 3.19. The molecular weight excluding hydrogens is 278 g/mol. The summed E-state index contributed by atoms with van der Waals surface area (Å²) >= 11 is 7.38. The van der Waals surface area contributed by atoms with Crippen molar-refractivity contribution in [2.75, 3.05) is 5.73 Å². The summed E-state index contributed by atoms with van der Waals surface area (Å²) in [5.41, 5.74) is 8.80. The van der Waals surface area contributed by atoms with Gasteiger partial charge < -0.3 is 5.73 Å². The number of benzene rings is 1. The first-order chi connectivity index (χ1) is 9.24. The van der Waals surface area contributed by atoms with Gasteiger partial charge in [-0.2, -0.15) is 0 Å². The Labute approximate surface area is 119 Å². The number of pyridine rings is 1. The molecule has 0 atom stereocenters. The Morgan fingerprint density at radius 2 is 1.63 bits per heavy atom. The fraction of sp³-hybridized carbons (Fsp3) is 0. The fourth-order valence-electron chi connectivity index (χ4n) is 1.84.